The van der Waals surface area contributed by atoms with Crippen molar-refractivity contribution in [3.8, 4) is 5.69 Å². The van der Waals surface area contributed by atoms with Crippen LogP contribution in [-0.2, 0) is 0 Å². The van der Waals surface area contributed by atoms with Crippen molar-refractivity contribution in [3.05, 3.63) is 54.9 Å². The van der Waals surface area contributed by atoms with Crippen molar-refractivity contribution in [2.24, 2.45) is 0 Å². The lowest BCUT2D eigenvalue weighted by molar-refractivity contribution is 1.09. The van der Waals surface area contributed by atoms with Crippen molar-refractivity contribution in [3.63, 3.8) is 0 Å². The maximum atomic E-state index is 6.03. The highest BCUT2D eigenvalue weighted by Gasteiger charge is 2.10. The molecule has 0 spiro atoms. The minimum absolute atomic E-state index is 0.432. The third-order valence-corrected chi connectivity index (χ3v) is 3.29. The van der Waals surface area contributed by atoms with Gasteiger partial charge in [0, 0.05) is 17.8 Å². The molecule has 5 heteroatoms. The molecular formula is C15H11N5. The molecule has 0 fully saturated rings. The Morgan fingerprint density at radius 1 is 0.900 bits per heavy atom. The summed E-state index contributed by atoms with van der Waals surface area (Å²) in [6.45, 7) is 0. The largest absolute Gasteiger partial charge is 0.369 e. The average Bonchev–Trinajstić information content (AvgIpc) is 2.82. The standard InChI is InChI=1S/C15H11N5/c16-15-19-13-4-2-8-18-14(13)20(15)11-5-6-12-10(9-11)3-1-7-17-12/h1-9H,(H2,16,19). The van der Waals surface area contributed by atoms with E-state index in [9.17, 15) is 0 Å². The van der Waals surface area contributed by atoms with Gasteiger partial charge in [0.1, 0.15) is 5.52 Å². The van der Waals surface area contributed by atoms with Gasteiger partial charge >= 0.3 is 0 Å². The second kappa shape index (κ2) is 4.03. The third-order valence-electron chi connectivity index (χ3n) is 3.29. The number of rotatable bonds is 1. The first-order chi connectivity index (χ1) is 9.83. The van der Waals surface area contributed by atoms with Gasteiger partial charge in [-0.05, 0) is 36.4 Å². The number of imidazole rings is 1. The Labute approximate surface area is 114 Å². The lowest BCUT2D eigenvalue weighted by Gasteiger charge is -2.06. The summed E-state index contributed by atoms with van der Waals surface area (Å²) < 4.78 is 1.85. The van der Waals surface area contributed by atoms with E-state index >= 15 is 0 Å². The highest BCUT2D eigenvalue weighted by molar-refractivity contribution is 5.83. The molecule has 3 aromatic heterocycles. The van der Waals surface area contributed by atoms with E-state index < -0.39 is 0 Å². The van der Waals surface area contributed by atoms with Crippen LogP contribution in [0.2, 0.25) is 0 Å². The summed E-state index contributed by atoms with van der Waals surface area (Å²) in [4.78, 5) is 13.0. The van der Waals surface area contributed by atoms with E-state index in [1.807, 2.05) is 47.0 Å². The number of nitrogens with zero attached hydrogens (tertiary/aromatic N) is 4. The molecule has 0 saturated carbocycles. The molecule has 0 radical (unpaired) electrons. The number of nitrogen functional groups attached to an aromatic ring is 1. The Morgan fingerprint density at radius 2 is 1.75 bits per heavy atom. The molecule has 0 amide bonds. The van der Waals surface area contributed by atoms with E-state index in [1.165, 1.54) is 0 Å². The van der Waals surface area contributed by atoms with Crippen LogP contribution in [0.5, 0.6) is 0 Å². The zero-order chi connectivity index (χ0) is 13.5. The Hall–Kier alpha value is -2.95. The molecule has 5 nitrogen and oxygen atoms in total. The molecule has 1 aromatic carbocycles. The normalized spacial score (nSPS) is 11.2. The van der Waals surface area contributed by atoms with Crippen LogP contribution in [0.3, 0.4) is 0 Å². The zero-order valence-corrected chi connectivity index (χ0v) is 10.6. The summed E-state index contributed by atoms with van der Waals surface area (Å²) in [6, 6.07) is 13.7. The minimum atomic E-state index is 0.432. The highest BCUT2D eigenvalue weighted by atomic mass is 15.2. The Morgan fingerprint density at radius 3 is 2.70 bits per heavy atom. The van der Waals surface area contributed by atoms with Crippen molar-refractivity contribution in [1.29, 1.82) is 0 Å². The van der Waals surface area contributed by atoms with E-state index in [0.717, 1.165) is 27.8 Å². The quantitative estimate of drug-likeness (QED) is 0.571. The van der Waals surface area contributed by atoms with Crippen LogP contribution in [0.25, 0.3) is 27.8 Å². The number of anilines is 1. The number of benzene rings is 1. The summed E-state index contributed by atoms with van der Waals surface area (Å²) in [5.41, 5.74) is 9.46. The van der Waals surface area contributed by atoms with Gasteiger partial charge in [-0.3, -0.25) is 9.55 Å². The molecule has 0 bridgehead atoms. The second-order valence-corrected chi connectivity index (χ2v) is 4.53. The fourth-order valence-corrected chi connectivity index (χ4v) is 2.39. The van der Waals surface area contributed by atoms with Crippen LogP contribution in [0.4, 0.5) is 5.95 Å². The number of hydrogen-bond acceptors (Lipinski definition) is 4. The van der Waals surface area contributed by atoms with Crippen molar-refractivity contribution >= 4 is 28.0 Å². The smallest absolute Gasteiger partial charge is 0.207 e. The SMILES string of the molecule is Nc1nc2cccnc2n1-c1ccc2ncccc2c1. The van der Waals surface area contributed by atoms with Gasteiger partial charge in [-0.2, -0.15) is 0 Å². The summed E-state index contributed by atoms with van der Waals surface area (Å²) in [5.74, 6) is 0.432. The Bertz CT molecular complexity index is 926. The fraction of sp³-hybridized carbons (Fsp3) is 0. The predicted molar refractivity (Wildman–Crippen MR) is 78.6 cm³/mol. The summed E-state index contributed by atoms with van der Waals surface area (Å²) in [7, 11) is 0. The topological polar surface area (TPSA) is 69.6 Å². The molecule has 0 aliphatic carbocycles. The molecule has 3 heterocycles. The van der Waals surface area contributed by atoms with E-state index in [2.05, 4.69) is 15.0 Å². The first-order valence-corrected chi connectivity index (χ1v) is 6.27. The summed E-state index contributed by atoms with van der Waals surface area (Å²) >= 11 is 0. The van der Waals surface area contributed by atoms with Gasteiger partial charge in [-0.25, -0.2) is 9.97 Å². The van der Waals surface area contributed by atoms with Crippen molar-refractivity contribution in [2.75, 3.05) is 5.73 Å². The molecule has 0 aliphatic rings. The lowest BCUT2D eigenvalue weighted by atomic mass is 10.2. The molecule has 2 N–H and O–H groups in total. The van der Waals surface area contributed by atoms with Crippen molar-refractivity contribution < 1.29 is 0 Å². The molecular weight excluding hydrogens is 250 g/mol. The van der Waals surface area contributed by atoms with Gasteiger partial charge in [-0.15, -0.1) is 0 Å². The van der Waals surface area contributed by atoms with Crippen LogP contribution in [0.1, 0.15) is 0 Å². The van der Waals surface area contributed by atoms with Gasteiger partial charge in [0.2, 0.25) is 5.95 Å². The van der Waals surface area contributed by atoms with Gasteiger partial charge in [0.05, 0.1) is 11.2 Å². The molecule has 0 atom stereocenters. The molecule has 96 valence electrons. The van der Waals surface area contributed by atoms with E-state index in [4.69, 9.17) is 5.73 Å². The molecule has 20 heavy (non-hydrogen) atoms. The number of hydrogen-bond donors (Lipinski definition) is 1. The van der Waals surface area contributed by atoms with Crippen LogP contribution >= 0.6 is 0 Å². The summed E-state index contributed by atoms with van der Waals surface area (Å²) in [6.07, 6.45) is 3.52. The monoisotopic (exact) mass is 261 g/mol. The van der Waals surface area contributed by atoms with Gasteiger partial charge < -0.3 is 5.73 Å². The van der Waals surface area contributed by atoms with Gasteiger partial charge in [0.25, 0.3) is 0 Å². The Kier molecular flexibility index (Phi) is 2.20. The molecule has 4 aromatic rings. The van der Waals surface area contributed by atoms with Crippen LogP contribution in [0.15, 0.2) is 54.9 Å². The molecule has 0 saturated heterocycles. The third kappa shape index (κ3) is 1.53. The Balaban J connectivity index is 2.03. The predicted octanol–water partition coefficient (Wildman–Crippen LogP) is 2.55. The van der Waals surface area contributed by atoms with Crippen LogP contribution < -0.4 is 5.73 Å². The van der Waals surface area contributed by atoms with E-state index in [1.54, 1.807) is 12.4 Å². The first kappa shape index (κ1) is 10.9. The van der Waals surface area contributed by atoms with Crippen LogP contribution in [0, 0.1) is 0 Å². The lowest BCUT2D eigenvalue weighted by Crippen LogP contribution is -2.01. The number of nitrogens with two attached hydrogens (primary N) is 1. The average molecular weight is 261 g/mol. The molecule has 0 unspecified atom stereocenters. The van der Waals surface area contributed by atoms with Crippen LogP contribution in [-0.4, -0.2) is 19.5 Å². The van der Waals surface area contributed by atoms with Crippen molar-refractivity contribution in [2.45, 2.75) is 0 Å². The first-order valence-electron chi connectivity index (χ1n) is 6.27. The fourth-order valence-electron chi connectivity index (χ4n) is 2.39. The molecule has 0 aliphatic heterocycles. The highest BCUT2D eigenvalue weighted by Crippen LogP contribution is 2.23. The zero-order valence-electron chi connectivity index (χ0n) is 10.6. The number of aromatic nitrogens is 4. The minimum Gasteiger partial charge on any atom is -0.369 e. The second-order valence-electron chi connectivity index (χ2n) is 4.53. The van der Waals surface area contributed by atoms with E-state index in [-0.39, 0.29) is 0 Å². The maximum absolute atomic E-state index is 6.03. The number of pyridine rings is 2. The van der Waals surface area contributed by atoms with Gasteiger partial charge in [-0.1, -0.05) is 6.07 Å². The maximum Gasteiger partial charge on any atom is 0.207 e. The van der Waals surface area contributed by atoms with Gasteiger partial charge in [0.15, 0.2) is 5.65 Å². The molecule has 4 rings (SSSR count). The van der Waals surface area contributed by atoms with E-state index in [0.29, 0.717) is 5.95 Å². The number of fused-ring (bicyclic) bond motifs is 2. The van der Waals surface area contributed by atoms with Crippen molar-refractivity contribution in [1.82, 2.24) is 19.5 Å². The summed E-state index contributed by atoms with van der Waals surface area (Å²) in [5, 5.41) is 1.06.